The molecule has 0 spiro atoms. The third-order valence-corrected chi connectivity index (χ3v) is 3.55. The van der Waals surface area contributed by atoms with Gasteiger partial charge in [-0.15, -0.1) is 0 Å². The van der Waals surface area contributed by atoms with Crippen molar-refractivity contribution in [2.75, 3.05) is 13.2 Å². The first kappa shape index (κ1) is 14.9. The highest BCUT2D eigenvalue weighted by atomic mass is 16.9. The first-order chi connectivity index (χ1) is 10.8. The molecule has 0 saturated heterocycles. The van der Waals surface area contributed by atoms with Gasteiger partial charge in [0.2, 0.25) is 0 Å². The molecular weight excluding hydrogens is 280 g/mol. The molecule has 3 rings (SSSR count). The van der Waals surface area contributed by atoms with E-state index in [1.54, 1.807) is 6.26 Å². The zero-order valence-electron chi connectivity index (χ0n) is 12.8. The summed E-state index contributed by atoms with van der Waals surface area (Å²) < 4.78 is 23.4. The van der Waals surface area contributed by atoms with Gasteiger partial charge >= 0.3 is 5.97 Å². The lowest BCUT2D eigenvalue weighted by molar-refractivity contribution is -0.352. The van der Waals surface area contributed by atoms with Crippen molar-refractivity contribution in [1.29, 1.82) is 0 Å². The van der Waals surface area contributed by atoms with Gasteiger partial charge in [0, 0.05) is 5.56 Å². The van der Waals surface area contributed by atoms with Crippen LogP contribution in [0.4, 0.5) is 0 Å². The summed E-state index contributed by atoms with van der Waals surface area (Å²) in [7, 11) is 0. The SMILES string of the molecule is CCOC1(OCC)OC(c2ccccc2)=CC1c1ccco1. The normalized spacial score (nSPS) is 19.7. The average molecular weight is 300 g/mol. The molecule has 0 aliphatic carbocycles. The Hall–Kier alpha value is -2.04. The Bertz CT molecular complexity index is 610. The van der Waals surface area contributed by atoms with Gasteiger partial charge in [0.1, 0.15) is 17.4 Å². The van der Waals surface area contributed by atoms with Crippen molar-refractivity contribution in [3.8, 4) is 0 Å². The number of ether oxygens (including phenoxy) is 3. The quantitative estimate of drug-likeness (QED) is 0.751. The van der Waals surface area contributed by atoms with E-state index < -0.39 is 5.97 Å². The fraction of sp³-hybridized carbons (Fsp3) is 0.333. The fourth-order valence-corrected chi connectivity index (χ4v) is 2.67. The van der Waals surface area contributed by atoms with Crippen LogP contribution in [0.25, 0.3) is 5.76 Å². The number of hydrogen-bond acceptors (Lipinski definition) is 4. The minimum absolute atomic E-state index is 0.252. The lowest BCUT2D eigenvalue weighted by Gasteiger charge is -2.32. The maximum absolute atomic E-state index is 6.11. The Morgan fingerprint density at radius 2 is 1.73 bits per heavy atom. The molecule has 1 aromatic carbocycles. The lowest BCUT2D eigenvalue weighted by atomic mass is 10.0. The minimum Gasteiger partial charge on any atom is -0.468 e. The van der Waals surface area contributed by atoms with Gasteiger partial charge in [-0.1, -0.05) is 30.3 Å². The van der Waals surface area contributed by atoms with Crippen LogP contribution in [-0.2, 0) is 14.2 Å². The number of hydrogen-bond donors (Lipinski definition) is 0. The Balaban J connectivity index is 2.00. The van der Waals surface area contributed by atoms with E-state index in [1.807, 2.05) is 62.4 Å². The van der Waals surface area contributed by atoms with E-state index in [1.165, 1.54) is 0 Å². The molecule has 1 unspecified atom stereocenters. The Morgan fingerprint density at radius 3 is 2.32 bits per heavy atom. The van der Waals surface area contributed by atoms with Crippen LogP contribution in [0.3, 0.4) is 0 Å². The van der Waals surface area contributed by atoms with Gasteiger partial charge in [0.15, 0.2) is 0 Å². The van der Waals surface area contributed by atoms with Crippen molar-refractivity contribution in [3.63, 3.8) is 0 Å². The maximum atomic E-state index is 6.11. The Morgan fingerprint density at radius 1 is 1.00 bits per heavy atom. The third kappa shape index (κ3) is 2.67. The van der Waals surface area contributed by atoms with Crippen LogP contribution in [0.5, 0.6) is 0 Å². The summed E-state index contributed by atoms with van der Waals surface area (Å²) in [6, 6.07) is 13.7. The van der Waals surface area contributed by atoms with Crippen molar-refractivity contribution in [1.82, 2.24) is 0 Å². The number of benzene rings is 1. The van der Waals surface area contributed by atoms with Crippen molar-refractivity contribution in [2.45, 2.75) is 25.7 Å². The Kier molecular flexibility index (Phi) is 4.32. The molecule has 116 valence electrons. The maximum Gasteiger partial charge on any atom is 0.341 e. The highest BCUT2D eigenvalue weighted by molar-refractivity contribution is 5.63. The van der Waals surface area contributed by atoms with Gasteiger partial charge in [-0.25, -0.2) is 0 Å². The third-order valence-electron chi connectivity index (χ3n) is 3.55. The first-order valence-electron chi connectivity index (χ1n) is 7.56. The van der Waals surface area contributed by atoms with Gasteiger partial charge in [0.05, 0.1) is 19.5 Å². The van der Waals surface area contributed by atoms with E-state index in [4.69, 9.17) is 18.6 Å². The van der Waals surface area contributed by atoms with Crippen LogP contribution in [-0.4, -0.2) is 19.2 Å². The summed E-state index contributed by atoms with van der Waals surface area (Å²) in [6.45, 7) is 4.80. The smallest absolute Gasteiger partial charge is 0.341 e. The van der Waals surface area contributed by atoms with Gasteiger partial charge in [-0.3, -0.25) is 0 Å². The lowest BCUT2D eigenvalue weighted by Crippen LogP contribution is -2.41. The molecule has 0 radical (unpaired) electrons. The molecule has 0 amide bonds. The fourth-order valence-electron chi connectivity index (χ4n) is 2.67. The van der Waals surface area contributed by atoms with Crippen molar-refractivity contribution >= 4 is 5.76 Å². The second kappa shape index (κ2) is 6.38. The van der Waals surface area contributed by atoms with Crippen LogP contribution in [0.2, 0.25) is 0 Å². The van der Waals surface area contributed by atoms with Gasteiger partial charge in [0.25, 0.3) is 0 Å². The summed E-state index contributed by atoms with van der Waals surface area (Å²) in [5.74, 6) is 0.0707. The molecule has 4 nitrogen and oxygen atoms in total. The van der Waals surface area contributed by atoms with Gasteiger partial charge in [-0.05, 0) is 32.1 Å². The van der Waals surface area contributed by atoms with Crippen LogP contribution in [0, 0.1) is 0 Å². The largest absolute Gasteiger partial charge is 0.468 e. The molecule has 0 N–H and O–H groups in total. The molecule has 0 bridgehead atoms. The van der Waals surface area contributed by atoms with Gasteiger partial charge < -0.3 is 18.6 Å². The second-order valence-electron chi connectivity index (χ2n) is 4.96. The summed E-state index contributed by atoms with van der Waals surface area (Å²) >= 11 is 0. The number of rotatable bonds is 6. The predicted molar refractivity (Wildman–Crippen MR) is 82.9 cm³/mol. The predicted octanol–water partition coefficient (Wildman–Crippen LogP) is 4.16. The summed E-state index contributed by atoms with van der Waals surface area (Å²) in [5, 5.41) is 0. The van der Waals surface area contributed by atoms with E-state index in [-0.39, 0.29) is 5.92 Å². The van der Waals surface area contributed by atoms with E-state index in [9.17, 15) is 0 Å². The summed E-state index contributed by atoms with van der Waals surface area (Å²) in [6.07, 6.45) is 3.64. The zero-order valence-corrected chi connectivity index (χ0v) is 12.8. The van der Waals surface area contributed by atoms with Crippen LogP contribution in [0.1, 0.15) is 31.1 Å². The standard InChI is InChI=1S/C18H20O4/c1-3-20-18(21-4-2)15(16-11-8-12-19-16)13-17(22-18)14-9-6-5-7-10-14/h5-13,15H,3-4H2,1-2H3. The second-order valence-corrected chi connectivity index (χ2v) is 4.96. The van der Waals surface area contributed by atoms with Crippen LogP contribution >= 0.6 is 0 Å². The molecule has 1 aliphatic heterocycles. The van der Waals surface area contributed by atoms with E-state index in [2.05, 4.69) is 0 Å². The molecule has 2 aromatic rings. The molecule has 2 heterocycles. The highest BCUT2D eigenvalue weighted by Gasteiger charge is 2.50. The van der Waals surface area contributed by atoms with E-state index in [0.29, 0.717) is 13.2 Å². The molecule has 1 aliphatic rings. The summed E-state index contributed by atoms with van der Waals surface area (Å²) in [5.41, 5.74) is 0.986. The van der Waals surface area contributed by atoms with Crippen molar-refractivity contribution in [3.05, 3.63) is 66.1 Å². The molecular formula is C18H20O4. The molecule has 1 atom stereocenters. The monoisotopic (exact) mass is 300 g/mol. The van der Waals surface area contributed by atoms with Gasteiger partial charge in [-0.2, -0.15) is 0 Å². The number of furan rings is 1. The van der Waals surface area contributed by atoms with Crippen LogP contribution in [0.15, 0.2) is 59.2 Å². The molecule has 4 heteroatoms. The molecule has 1 aromatic heterocycles. The first-order valence-corrected chi connectivity index (χ1v) is 7.56. The van der Waals surface area contributed by atoms with E-state index >= 15 is 0 Å². The minimum atomic E-state index is -1.17. The molecule has 0 fully saturated rings. The zero-order chi connectivity index (χ0) is 15.4. The average Bonchev–Trinajstić information content (AvgIpc) is 3.17. The highest BCUT2D eigenvalue weighted by Crippen LogP contribution is 2.45. The van der Waals surface area contributed by atoms with E-state index in [0.717, 1.165) is 17.1 Å². The molecule has 22 heavy (non-hydrogen) atoms. The van der Waals surface area contributed by atoms with Crippen LogP contribution < -0.4 is 0 Å². The van der Waals surface area contributed by atoms with Crippen molar-refractivity contribution < 1.29 is 18.6 Å². The van der Waals surface area contributed by atoms with Crippen molar-refractivity contribution in [2.24, 2.45) is 0 Å². The Labute approximate surface area is 130 Å². The molecule has 0 saturated carbocycles. The topological polar surface area (TPSA) is 40.8 Å². The summed E-state index contributed by atoms with van der Waals surface area (Å²) in [4.78, 5) is 0.